The lowest BCUT2D eigenvalue weighted by atomic mass is 9.81. The summed E-state index contributed by atoms with van der Waals surface area (Å²) in [5.74, 6) is -2.80. The third kappa shape index (κ3) is 3.59. The molecule has 0 bridgehead atoms. The topological polar surface area (TPSA) is 65.8 Å². The van der Waals surface area contributed by atoms with Crippen LogP contribution < -0.4 is 10.4 Å². The fourth-order valence-corrected chi connectivity index (χ4v) is 7.29. The first kappa shape index (κ1) is 25.5. The molecule has 3 unspecified atom stereocenters. The number of halogens is 2. The second-order valence-corrected chi connectivity index (χ2v) is 11.3. The van der Waals surface area contributed by atoms with Crippen LogP contribution in [0, 0.1) is 17.6 Å². The second-order valence-electron chi connectivity index (χ2n) is 11.3. The first-order valence-electron chi connectivity index (χ1n) is 13.9. The Labute approximate surface area is 236 Å². The third-order valence-corrected chi connectivity index (χ3v) is 9.26. The molecule has 7 rings (SSSR count). The van der Waals surface area contributed by atoms with E-state index in [1.807, 2.05) is 47.5 Å². The van der Waals surface area contributed by atoms with E-state index < -0.39 is 34.3 Å². The Kier molecular flexibility index (Phi) is 5.78. The minimum atomic E-state index is -0.944. The number of carbonyl (C=O) groups is 1. The van der Waals surface area contributed by atoms with Gasteiger partial charge >= 0.3 is 0 Å². The van der Waals surface area contributed by atoms with Crippen molar-refractivity contribution in [3.05, 3.63) is 134 Å². The van der Waals surface area contributed by atoms with Crippen LogP contribution in [0.2, 0.25) is 0 Å². The summed E-state index contributed by atoms with van der Waals surface area (Å²) in [6.07, 6.45) is 3.13. The number of rotatable bonds is 5. The summed E-state index contributed by atoms with van der Waals surface area (Å²) in [4.78, 5) is 28.1. The van der Waals surface area contributed by atoms with Crippen molar-refractivity contribution in [3.63, 3.8) is 0 Å². The quantitative estimate of drug-likeness (QED) is 0.376. The van der Waals surface area contributed by atoms with Crippen molar-refractivity contribution in [3.8, 4) is 5.75 Å². The molecule has 0 saturated carbocycles. The predicted molar refractivity (Wildman–Crippen MR) is 150 cm³/mol. The van der Waals surface area contributed by atoms with Gasteiger partial charge in [0.2, 0.25) is 5.43 Å². The van der Waals surface area contributed by atoms with Gasteiger partial charge in [0.1, 0.15) is 12.2 Å². The minimum Gasteiger partial charge on any atom is -0.502 e. The highest BCUT2D eigenvalue weighted by molar-refractivity contribution is 5.96. The van der Waals surface area contributed by atoms with E-state index in [2.05, 4.69) is 19.1 Å². The number of carbonyl (C=O) groups excluding carboxylic acids is 1. The van der Waals surface area contributed by atoms with E-state index in [9.17, 15) is 19.1 Å². The van der Waals surface area contributed by atoms with Crippen molar-refractivity contribution in [2.45, 2.75) is 37.6 Å². The van der Waals surface area contributed by atoms with Crippen molar-refractivity contribution in [2.75, 3.05) is 18.2 Å². The number of hydrogen-bond donors (Lipinski definition) is 1. The van der Waals surface area contributed by atoms with Gasteiger partial charge in [0, 0.05) is 24.7 Å². The summed E-state index contributed by atoms with van der Waals surface area (Å²) in [5.41, 5.74) is 2.46. The highest BCUT2D eigenvalue weighted by atomic mass is 19.2. The van der Waals surface area contributed by atoms with Gasteiger partial charge < -0.3 is 10.0 Å². The first-order chi connectivity index (χ1) is 19.8. The maximum absolute atomic E-state index is 15.3. The van der Waals surface area contributed by atoms with Gasteiger partial charge in [-0.2, -0.15) is 0 Å². The maximum Gasteiger partial charge on any atom is 0.277 e. The Morgan fingerprint density at radius 1 is 0.951 bits per heavy atom. The molecule has 0 fully saturated rings. The molecule has 3 aliphatic rings. The van der Waals surface area contributed by atoms with Crippen molar-refractivity contribution in [1.29, 1.82) is 0 Å². The van der Waals surface area contributed by atoms with Gasteiger partial charge in [-0.3, -0.25) is 19.3 Å². The predicted octanol–water partition coefficient (Wildman–Crippen LogP) is 5.05. The summed E-state index contributed by atoms with van der Waals surface area (Å²) in [5, 5.41) is 12.9. The highest BCUT2D eigenvalue weighted by Crippen LogP contribution is 2.57. The standard InChI is InChI=1S/C33H29F2N3O3/c1-20(21-7-3-2-4-8-21)13-15-36-19-38(37-16-14-28(39)31(40)30(37)32(36)41)33-23(17-22-9-5-6-10-25(22)33)18-24-26(33)11-12-27(34)29(24)35/h2-12,14,16,20,23,40H,13,15,17-19H2,1H3. The maximum atomic E-state index is 15.3. The average Bonchev–Trinajstić information content (AvgIpc) is 3.48. The van der Waals surface area contributed by atoms with Crippen LogP contribution in [0.25, 0.3) is 0 Å². The van der Waals surface area contributed by atoms with E-state index in [1.165, 1.54) is 12.3 Å². The van der Waals surface area contributed by atoms with E-state index in [1.54, 1.807) is 15.6 Å². The molecule has 1 N–H and O–H groups in total. The Balaban J connectivity index is 1.40. The summed E-state index contributed by atoms with van der Waals surface area (Å²) in [7, 11) is 0. The SMILES string of the molecule is CC(CCN1CN(C23c4ccccc4CC2Cc2c3ccc(F)c2F)n2ccc(=O)c(O)c2C1=O)c1ccccc1. The van der Waals surface area contributed by atoms with E-state index in [4.69, 9.17) is 0 Å². The molecular weight excluding hydrogens is 524 g/mol. The molecule has 1 aliphatic heterocycles. The minimum absolute atomic E-state index is 0.121. The van der Waals surface area contributed by atoms with Crippen molar-refractivity contribution < 1.29 is 18.7 Å². The van der Waals surface area contributed by atoms with Crippen LogP contribution in [0.15, 0.2) is 83.8 Å². The number of benzene rings is 3. The zero-order valence-corrected chi connectivity index (χ0v) is 22.6. The number of hydrogen-bond acceptors (Lipinski definition) is 4. The normalized spacial score (nSPS) is 21.3. The number of pyridine rings is 1. The van der Waals surface area contributed by atoms with Gasteiger partial charge in [-0.1, -0.05) is 67.6 Å². The van der Waals surface area contributed by atoms with Crippen LogP contribution in [0.1, 0.15) is 57.6 Å². The molecule has 8 heteroatoms. The van der Waals surface area contributed by atoms with Gasteiger partial charge in [0.05, 0.1) is 0 Å². The molecule has 1 aromatic heterocycles. The average molecular weight is 554 g/mol. The lowest BCUT2D eigenvalue weighted by molar-refractivity contribution is 0.0641. The molecule has 2 heterocycles. The molecule has 3 atom stereocenters. The van der Waals surface area contributed by atoms with Crippen LogP contribution in [-0.4, -0.2) is 33.8 Å². The molecule has 0 saturated heterocycles. The van der Waals surface area contributed by atoms with Crippen LogP contribution >= 0.6 is 0 Å². The molecule has 41 heavy (non-hydrogen) atoms. The van der Waals surface area contributed by atoms with E-state index in [0.29, 0.717) is 36.9 Å². The number of aromatic hydroxyl groups is 1. The molecular formula is C33H29F2N3O3. The van der Waals surface area contributed by atoms with Crippen LogP contribution in [0.4, 0.5) is 8.78 Å². The molecule has 3 aromatic carbocycles. The summed E-state index contributed by atoms with van der Waals surface area (Å²) >= 11 is 0. The Hall–Kier alpha value is -4.46. The van der Waals surface area contributed by atoms with Gasteiger partial charge in [-0.25, -0.2) is 8.78 Å². The number of amides is 1. The summed E-state index contributed by atoms with van der Waals surface area (Å²) in [6.45, 7) is 2.61. The fraction of sp³-hybridized carbons (Fsp3) is 0.273. The number of fused-ring (bicyclic) bond motifs is 6. The lowest BCUT2D eigenvalue weighted by Gasteiger charge is -2.50. The van der Waals surface area contributed by atoms with Crippen LogP contribution in [0.3, 0.4) is 0 Å². The molecule has 0 radical (unpaired) electrons. The van der Waals surface area contributed by atoms with E-state index >= 15 is 4.39 Å². The molecule has 4 aromatic rings. The molecule has 6 nitrogen and oxygen atoms in total. The molecule has 1 amide bonds. The zero-order chi connectivity index (χ0) is 28.5. The Morgan fingerprint density at radius 2 is 1.71 bits per heavy atom. The van der Waals surface area contributed by atoms with Crippen LogP contribution in [0.5, 0.6) is 5.75 Å². The second kappa shape index (κ2) is 9.29. The lowest BCUT2D eigenvalue weighted by Crippen LogP contribution is -2.63. The fourth-order valence-electron chi connectivity index (χ4n) is 7.29. The van der Waals surface area contributed by atoms with Crippen LogP contribution in [-0.2, 0) is 18.4 Å². The first-order valence-corrected chi connectivity index (χ1v) is 13.9. The van der Waals surface area contributed by atoms with E-state index in [-0.39, 0.29) is 24.2 Å². The highest BCUT2D eigenvalue weighted by Gasteiger charge is 2.59. The largest absolute Gasteiger partial charge is 0.502 e. The van der Waals surface area contributed by atoms with Gasteiger partial charge in [0.25, 0.3) is 5.91 Å². The van der Waals surface area contributed by atoms with Gasteiger partial charge in [-0.15, -0.1) is 0 Å². The van der Waals surface area contributed by atoms with Gasteiger partial charge in [-0.05, 0) is 59.1 Å². The smallest absolute Gasteiger partial charge is 0.277 e. The van der Waals surface area contributed by atoms with Crippen molar-refractivity contribution in [2.24, 2.45) is 5.92 Å². The Morgan fingerprint density at radius 3 is 2.51 bits per heavy atom. The third-order valence-electron chi connectivity index (χ3n) is 9.26. The molecule has 2 aliphatic carbocycles. The van der Waals surface area contributed by atoms with Crippen molar-refractivity contribution in [1.82, 2.24) is 9.58 Å². The van der Waals surface area contributed by atoms with Gasteiger partial charge in [0.15, 0.2) is 23.1 Å². The number of nitrogens with zero attached hydrogens (tertiary/aromatic N) is 3. The van der Waals surface area contributed by atoms with Crippen molar-refractivity contribution >= 4 is 5.91 Å². The summed E-state index contributed by atoms with van der Waals surface area (Å²) in [6, 6.07) is 22.0. The monoisotopic (exact) mass is 553 g/mol. The molecule has 208 valence electrons. The van der Waals surface area contributed by atoms with E-state index in [0.717, 1.165) is 22.8 Å². The Bertz CT molecular complexity index is 1750. The summed E-state index contributed by atoms with van der Waals surface area (Å²) < 4.78 is 31.3. The zero-order valence-electron chi connectivity index (χ0n) is 22.6. The number of aromatic nitrogens is 1. The molecule has 0 spiro atoms.